The van der Waals surface area contributed by atoms with Gasteiger partial charge in [-0.1, -0.05) is 0 Å². The minimum absolute atomic E-state index is 0.0633. The van der Waals surface area contributed by atoms with Gasteiger partial charge in [0.05, 0.1) is 35.8 Å². The fourth-order valence-corrected chi connectivity index (χ4v) is 3.27. The normalized spacial score (nSPS) is 14.0. The Hall–Kier alpha value is -3.53. The SMILES string of the molecule is CCn1c(=O)[nH]c2cc(C(=O)N3CC(Oc4ccc(C#N)cc4)C3)ccc21. The number of rotatable bonds is 4. The van der Waals surface area contributed by atoms with Crippen LogP contribution in [-0.4, -0.2) is 39.6 Å². The second kappa shape index (κ2) is 6.65. The molecule has 1 aliphatic rings. The smallest absolute Gasteiger partial charge is 0.326 e. The monoisotopic (exact) mass is 362 g/mol. The van der Waals surface area contributed by atoms with Crippen molar-refractivity contribution in [1.82, 2.24) is 14.5 Å². The van der Waals surface area contributed by atoms with Crippen LogP contribution in [0.4, 0.5) is 0 Å². The Bertz CT molecular complexity index is 1100. The van der Waals surface area contributed by atoms with Gasteiger partial charge in [0.1, 0.15) is 11.9 Å². The lowest BCUT2D eigenvalue weighted by molar-refractivity contribution is 0.0178. The Morgan fingerprint density at radius 1 is 1.26 bits per heavy atom. The Morgan fingerprint density at radius 2 is 2.00 bits per heavy atom. The summed E-state index contributed by atoms with van der Waals surface area (Å²) in [7, 11) is 0. The lowest BCUT2D eigenvalue weighted by Gasteiger charge is -2.39. The van der Waals surface area contributed by atoms with E-state index >= 15 is 0 Å². The molecule has 1 N–H and O–H groups in total. The van der Waals surface area contributed by atoms with Gasteiger partial charge in [0, 0.05) is 12.1 Å². The number of hydrogen-bond donors (Lipinski definition) is 1. The van der Waals surface area contributed by atoms with Crippen molar-refractivity contribution in [1.29, 1.82) is 5.26 Å². The highest BCUT2D eigenvalue weighted by molar-refractivity contribution is 5.97. The van der Waals surface area contributed by atoms with Crippen molar-refractivity contribution >= 4 is 16.9 Å². The molecule has 0 unspecified atom stereocenters. The van der Waals surface area contributed by atoms with Crippen molar-refractivity contribution in [2.24, 2.45) is 0 Å². The third-order valence-electron chi connectivity index (χ3n) is 4.76. The van der Waals surface area contributed by atoms with Crippen LogP contribution in [0.15, 0.2) is 47.3 Å². The van der Waals surface area contributed by atoms with Crippen molar-refractivity contribution in [2.75, 3.05) is 13.1 Å². The number of nitrogens with one attached hydrogen (secondary N) is 1. The zero-order valence-corrected chi connectivity index (χ0v) is 14.8. The first-order valence-corrected chi connectivity index (χ1v) is 8.77. The molecule has 0 aliphatic carbocycles. The number of aryl methyl sites for hydroxylation is 1. The maximum atomic E-state index is 12.6. The Labute approximate surface area is 155 Å². The number of H-pyrrole nitrogens is 1. The number of amides is 1. The first-order valence-electron chi connectivity index (χ1n) is 8.77. The summed E-state index contributed by atoms with van der Waals surface area (Å²) in [4.78, 5) is 29.0. The number of aromatic amines is 1. The summed E-state index contributed by atoms with van der Waals surface area (Å²) in [5, 5.41) is 8.81. The third kappa shape index (κ3) is 3.06. The van der Waals surface area contributed by atoms with Crippen LogP contribution in [0.3, 0.4) is 0 Å². The van der Waals surface area contributed by atoms with Crippen LogP contribution >= 0.6 is 0 Å². The maximum absolute atomic E-state index is 12.6. The minimum atomic E-state index is -0.170. The zero-order valence-electron chi connectivity index (χ0n) is 14.8. The van der Waals surface area contributed by atoms with E-state index in [1.54, 1.807) is 51.9 Å². The number of carbonyl (C=O) groups is 1. The van der Waals surface area contributed by atoms with Gasteiger partial charge in [-0.05, 0) is 49.4 Å². The maximum Gasteiger partial charge on any atom is 0.326 e. The molecule has 1 saturated heterocycles. The number of nitrogens with zero attached hydrogens (tertiary/aromatic N) is 3. The highest BCUT2D eigenvalue weighted by Gasteiger charge is 2.33. The van der Waals surface area contributed by atoms with E-state index in [0.29, 0.717) is 42.0 Å². The van der Waals surface area contributed by atoms with Crippen molar-refractivity contribution in [3.63, 3.8) is 0 Å². The van der Waals surface area contributed by atoms with E-state index in [-0.39, 0.29) is 17.7 Å². The quantitative estimate of drug-likeness (QED) is 0.770. The number of nitriles is 1. The number of benzene rings is 2. The number of fused-ring (bicyclic) bond motifs is 1. The molecule has 27 heavy (non-hydrogen) atoms. The average Bonchev–Trinajstić information content (AvgIpc) is 2.98. The van der Waals surface area contributed by atoms with Crippen LogP contribution in [0.25, 0.3) is 11.0 Å². The van der Waals surface area contributed by atoms with E-state index in [1.165, 1.54) is 0 Å². The fourth-order valence-electron chi connectivity index (χ4n) is 3.27. The number of imidazole rings is 1. The Balaban J connectivity index is 1.42. The second-order valence-electron chi connectivity index (χ2n) is 6.49. The van der Waals surface area contributed by atoms with Crippen LogP contribution in [-0.2, 0) is 6.54 Å². The Kier molecular flexibility index (Phi) is 4.16. The van der Waals surface area contributed by atoms with Crippen LogP contribution in [0, 0.1) is 11.3 Å². The second-order valence-corrected chi connectivity index (χ2v) is 6.49. The molecular weight excluding hydrogens is 344 g/mol. The third-order valence-corrected chi connectivity index (χ3v) is 4.76. The van der Waals surface area contributed by atoms with Gasteiger partial charge < -0.3 is 14.6 Å². The summed E-state index contributed by atoms with van der Waals surface area (Å²) in [5.41, 5.74) is 2.42. The van der Waals surface area contributed by atoms with Crippen LogP contribution < -0.4 is 10.4 Å². The summed E-state index contributed by atoms with van der Waals surface area (Å²) in [5.74, 6) is 0.604. The molecule has 0 radical (unpaired) electrons. The number of aromatic nitrogens is 2. The summed E-state index contributed by atoms with van der Waals surface area (Å²) in [6, 6.07) is 14.3. The van der Waals surface area contributed by atoms with Gasteiger partial charge in [-0.25, -0.2) is 4.79 Å². The summed E-state index contributed by atoms with van der Waals surface area (Å²) in [6.45, 7) is 3.49. The lowest BCUT2D eigenvalue weighted by atomic mass is 10.1. The van der Waals surface area contributed by atoms with Crippen molar-refractivity contribution in [3.8, 4) is 11.8 Å². The van der Waals surface area contributed by atoms with Gasteiger partial charge in [0.25, 0.3) is 5.91 Å². The molecular formula is C20H18N4O3. The first-order chi connectivity index (χ1) is 13.1. The topological polar surface area (TPSA) is 91.1 Å². The van der Waals surface area contributed by atoms with Crippen LogP contribution in [0.5, 0.6) is 5.75 Å². The van der Waals surface area contributed by atoms with E-state index in [1.807, 2.05) is 6.92 Å². The molecule has 0 atom stereocenters. The molecule has 2 aromatic carbocycles. The largest absolute Gasteiger partial charge is 0.487 e. The van der Waals surface area contributed by atoms with Gasteiger partial charge in [-0.15, -0.1) is 0 Å². The molecule has 1 aromatic heterocycles. The average molecular weight is 362 g/mol. The first kappa shape index (κ1) is 16.9. The molecule has 3 aromatic rings. The predicted molar refractivity (Wildman–Crippen MR) is 99.7 cm³/mol. The number of hydrogen-bond acceptors (Lipinski definition) is 4. The number of ether oxygens (including phenoxy) is 1. The molecule has 136 valence electrons. The minimum Gasteiger partial charge on any atom is -0.487 e. The molecule has 0 saturated carbocycles. The van der Waals surface area contributed by atoms with Gasteiger partial charge in [0.2, 0.25) is 0 Å². The highest BCUT2D eigenvalue weighted by atomic mass is 16.5. The molecule has 0 bridgehead atoms. The molecule has 1 aliphatic heterocycles. The summed E-state index contributed by atoms with van der Waals surface area (Å²) in [6.07, 6.45) is -0.0633. The fraction of sp³-hybridized carbons (Fsp3) is 0.250. The molecule has 7 nitrogen and oxygen atoms in total. The molecule has 0 spiro atoms. The van der Waals surface area contributed by atoms with E-state index in [2.05, 4.69) is 11.1 Å². The van der Waals surface area contributed by atoms with Gasteiger partial charge in [-0.3, -0.25) is 9.36 Å². The van der Waals surface area contributed by atoms with Crippen molar-refractivity contribution < 1.29 is 9.53 Å². The van der Waals surface area contributed by atoms with Gasteiger partial charge in [-0.2, -0.15) is 5.26 Å². The molecule has 7 heteroatoms. The zero-order chi connectivity index (χ0) is 19.0. The van der Waals surface area contributed by atoms with Gasteiger partial charge >= 0.3 is 5.69 Å². The van der Waals surface area contributed by atoms with E-state index < -0.39 is 0 Å². The van der Waals surface area contributed by atoms with E-state index in [0.717, 1.165) is 5.52 Å². The summed E-state index contributed by atoms with van der Waals surface area (Å²) >= 11 is 0. The van der Waals surface area contributed by atoms with Crippen LogP contribution in [0.2, 0.25) is 0 Å². The Morgan fingerprint density at radius 3 is 2.67 bits per heavy atom. The predicted octanol–water partition coefficient (Wildman–Crippen LogP) is 2.12. The van der Waals surface area contributed by atoms with E-state index in [4.69, 9.17) is 10.00 Å². The summed E-state index contributed by atoms with van der Waals surface area (Å²) < 4.78 is 7.45. The molecule has 1 fully saturated rings. The van der Waals surface area contributed by atoms with E-state index in [9.17, 15) is 9.59 Å². The van der Waals surface area contributed by atoms with Gasteiger partial charge in [0.15, 0.2) is 0 Å². The highest BCUT2D eigenvalue weighted by Crippen LogP contribution is 2.21. The standard InChI is InChI=1S/C20H18N4O3/c1-2-24-18-8-5-14(9-17(18)22-20(24)26)19(25)23-11-16(12-23)27-15-6-3-13(10-21)4-7-15/h3-9,16H,2,11-12H2,1H3,(H,22,26). The molecule has 1 amide bonds. The lowest BCUT2D eigenvalue weighted by Crippen LogP contribution is -2.56. The van der Waals surface area contributed by atoms with Crippen molar-refractivity contribution in [2.45, 2.75) is 19.6 Å². The number of carbonyl (C=O) groups excluding carboxylic acids is 1. The van der Waals surface area contributed by atoms with Crippen LogP contribution in [0.1, 0.15) is 22.8 Å². The van der Waals surface area contributed by atoms with Crippen molar-refractivity contribution in [3.05, 3.63) is 64.1 Å². The number of likely N-dealkylation sites (tertiary alicyclic amines) is 1. The molecule has 4 rings (SSSR count). The molecule has 2 heterocycles.